The number of halogens is 1. The number of ether oxygens (including phenoxy) is 1. The van der Waals surface area contributed by atoms with Gasteiger partial charge in [0.25, 0.3) is 0 Å². The van der Waals surface area contributed by atoms with Gasteiger partial charge < -0.3 is 10.1 Å². The molecule has 0 heterocycles. The lowest BCUT2D eigenvalue weighted by Gasteiger charge is -2.08. The highest BCUT2D eigenvalue weighted by atomic mass is 79.9. The Kier molecular flexibility index (Phi) is 8.16. The zero-order valence-corrected chi connectivity index (χ0v) is 19.5. The number of hydrogen-bond acceptors (Lipinski definition) is 4. The van der Waals surface area contributed by atoms with Gasteiger partial charge in [0.15, 0.2) is 0 Å². The van der Waals surface area contributed by atoms with E-state index in [1.165, 1.54) is 0 Å². The molecule has 0 radical (unpaired) electrons. The Hall–Kier alpha value is -3.45. The van der Waals surface area contributed by atoms with Crippen LogP contribution in [0.2, 0.25) is 0 Å². The smallest absolute Gasteiger partial charge is 0.244 e. The van der Waals surface area contributed by atoms with Gasteiger partial charge in [-0.25, -0.2) is 5.43 Å². The van der Waals surface area contributed by atoms with E-state index in [0.717, 1.165) is 26.9 Å². The van der Waals surface area contributed by atoms with Crippen LogP contribution in [0.1, 0.15) is 23.6 Å². The van der Waals surface area contributed by atoms with E-state index in [9.17, 15) is 9.59 Å². The summed E-state index contributed by atoms with van der Waals surface area (Å²) in [5.74, 6) is 0.467. The standard InChI is InChI=1S/C25H24BrN3O3/c1-17(28-29-25(31)16-18-3-9-21(26)10-4-18)20-7-11-22(12-8-20)27-24(30)15-19-5-13-23(32-2)14-6-19/h3-14H,15-16H2,1-2H3,(H,27,30)(H,29,31)/b28-17-. The van der Waals surface area contributed by atoms with Gasteiger partial charge in [-0.3, -0.25) is 9.59 Å². The first kappa shape index (κ1) is 23.2. The third-order valence-corrected chi connectivity index (χ3v) is 5.27. The molecule has 0 saturated carbocycles. The summed E-state index contributed by atoms with van der Waals surface area (Å²) in [5.41, 5.74) is 6.61. The fraction of sp³-hybridized carbons (Fsp3) is 0.160. The second-order valence-electron chi connectivity index (χ2n) is 7.19. The Balaban J connectivity index is 1.51. The largest absolute Gasteiger partial charge is 0.497 e. The Morgan fingerprint density at radius 2 is 1.41 bits per heavy atom. The molecule has 0 bridgehead atoms. The number of methoxy groups -OCH3 is 1. The molecule has 0 saturated heterocycles. The lowest BCUT2D eigenvalue weighted by Crippen LogP contribution is -2.21. The van der Waals surface area contributed by atoms with Crippen molar-refractivity contribution in [3.63, 3.8) is 0 Å². The third-order valence-electron chi connectivity index (χ3n) is 4.74. The number of rotatable bonds is 8. The summed E-state index contributed by atoms with van der Waals surface area (Å²) >= 11 is 3.38. The fourth-order valence-corrected chi connectivity index (χ4v) is 3.23. The number of carbonyl (C=O) groups is 2. The number of benzene rings is 3. The zero-order chi connectivity index (χ0) is 22.9. The minimum atomic E-state index is -0.186. The van der Waals surface area contributed by atoms with E-state index in [1.807, 2.05) is 79.7 Å². The van der Waals surface area contributed by atoms with Gasteiger partial charge in [0.05, 0.1) is 25.7 Å². The Morgan fingerprint density at radius 3 is 2.00 bits per heavy atom. The molecule has 0 fully saturated rings. The van der Waals surface area contributed by atoms with Crippen LogP contribution in [0.3, 0.4) is 0 Å². The average molecular weight is 494 g/mol. The number of anilines is 1. The molecular weight excluding hydrogens is 470 g/mol. The molecule has 0 aliphatic carbocycles. The monoisotopic (exact) mass is 493 g/mol. The van der Waals surface area contributed by atoms with E-state index in [-0.39, 0.29) is 24.7 Å². The minimum absolute atomic E-state index is 0.103. The highest BCUT2D eigenvalue weighted by molar-refractivity contribution is 9.10. The van der Waals surface area contributed by atoms with E-state index in [4.69, 9.17) is 4.74 Å². The predicted molar refractivity (Wildman–Crippen MR) is 130 cm³/mol. The van der Waals surface area contributed by atoms with E-state index in [1.54, 1.807) is 7.11 Å². The Labute approximate surface area is 195 Å². The highest BCUT2D eigenvalue weighted by Gasteiger charge is 2.06. The fourth-order valence-electron chi connectivity index (χ4n) is 2.97. The number of nitrogens with zero attached hydrogens (tertiary/aromatic N) is 1. The van der Waals surface area contributed by atoms with Gasteiger partial charge in [0.1, 0.15) is 5.75 Å². The summed E-state index contributed by atoms with van der Waals surface area (Å²) in [6.45, 7) is 1.82. The first-order chi connectivity index (χ1) is 15.4. The van der Waals surface area contributed by atoms with Crippen LogP contribution in [-0.2, 0) is 22.4 Å². The van der Waals surface area contributed by atoms with Crippen molar-refractivity contribution in [3.05, 3.63) is 94.0 Å². The molecule has 3 aromatic rings. The molecule has 0 atom stereocenters. The minimum Gasteiger partial charge on any atom is -0.497 e. The van der Waals surface area contributed by atoms with Crippen LogP contribution < -0.4 is 15.5 Å². The molecule has 3 rings (SSSR count). The lowest BCUT2D eigenvalue weighted by molar-refractivity contribution is -0.120. The lowest BCUT2D eigenvalue weighted by atomic mass is 10.1. The van der Waals surface area contributed by atoms with Crippen molar-refractivity contribution in [3.8, 4) is 5.75 Å². The van der Waals surface area contributed by atoms with Crippen molar-refractivity contribution in [2.24, 2.45) is 5.10 Å². The molecule has 7 heteroatoms. The molecule has 2 N–H and O–H groups in total. The summed E-state index contributed by atoms with van der Waals surface area (Å²) in [5, 5.41) is 7.06. The summed E-state index contributed by atoms with van der Waals surface area (Å²) in [4.78, 5) is 24.4. The van der Waals surface area contributed by atoms with Gasteiger partial charge >= 0.3 is 0 Å². The predicted octanol–water partition coefficient (Wildman–Crippen LogP) is 4.72. The van der Waals surface area contributed by atoms with Gasteiger partial charge in [0, 0.05) is 10.2 Å². The summed E-state index contributed by atoms with van der Waals surface area (Å²) < 4.78 is 6.09. The highest BCUT2D eigenvalue weighted by Crippen LogP contribution is 2.14. The first-order valence-corrected chi connectivity index (χ1v) is 10.8. The Bertz CT molecular complexity index is 1090. The van der Waals surface area contributed by atoms with Crippen molar-refractivity contribution in [1.82, 2.24) is 5.43 Å². The van der Waals surface area contributed by atoms with Crippen molar-refractivity contribution in [2.45, 2.75) is 19.8 Å². The average Bonchev–Trinajstić information content (AvgIpc) is 2.80. The molecule has 2 amide bonds. The summed E-state index contributed by atoms with van der Waals surface area (Å²) in [6, 6.07) is 22.3. The van der Waals surface area contributed by atoms with Gasteiger partial charge in [-0.2, -0.15) is 5.10 Å². The zero-order valence-electron chi connectivity index (χ0n) is 17.9. The number of carbonyl (C=O) groups excluding carboxylic acids is 2. The maximum atomic E-state index is 12.3. The summed E-state index contributed by atoms with van der Waals surface area (Å²) in [6.07, 6.45) is 0.528. The van der Waals surface area contributed by atoms with Crippen molar-refractivity contribution in [1.29, 1.82) is 0 Å². The van der Waals surface area contributed by atoms with Crippen molar-refractivity contribution >= 4 is 39.1 Å². The van der Waals surface area contributed by atoms with Gasteiger partial charge in [-0.1, -0.05) is 52.3 Å². The van der Waals surface area contributed by atoms with Crippen LogP contribution in [0.25, 0.3) is 0 Å². The van der Waals surface area contributed by atoms with Crippen LogP contribution in [0, 0.1) is 0 Å². The Morgan fingerprint density at radius 1 is 0.844 bits per heavy atom. The molecule has 0 unspecified atom stereocenters. The number of hydrazone groups is 1. The van der Waals surface area contributed by atoms with E-state index in [0.29, 0.717) is 11.4 Å². The molecule has 0 spiro atoms. The molecular formula is C25H24BrN3O3. The van der Waals surface area contributed by atoms with Crippen molar-refractivity contribution in [2.75, 3.05) is 12.4 Å². The van der Waals surface area contributed by atoms with Gasteiger partial charge in [0.2, 0.25) is 11.8 Å². The molecule has 0 aliphatic heterocycles. The maximum Gasteiger partial charge on any atom is 0.244 e. The van der Waals surface area contributed by atoms with Crippen molar-refractivity contribution < 1.29 is 14.3 Å². The van der Waals surface area contributed by atoms with Crippen LogP contribution in [0.4, 0.5) is 5.69 Å². The molecule has 0 aliphatic rings. The normalized spacial score (nSPS) is 11.0. The summed E-state index contributed by atoms with van der Waals surface area (Å²) in [7, 11) is 1.61. The van der Waals surface area contributed by atoms with E-state index in [2.05, 4.69) is 31.8 Å². The number of amides is 2. The molecule has 3 aromatic carbocycles. The first-order valence-electron chi connectivity index (χ1n) is 10.0. The van der Waals surface area contributed by atoms with Crippen LogP contribution in [0.5, 0.6) is 5.75 Å². The second-order valence-corrected chi connectivity index (χ2v) is 8.10. The number of nitrogens with one attached hydrogen (secondary N) is 2. The topological polar surface area (TPSA) is 79.8 Å². The SMILES string of the molecule is COc1ccc(CC(=O)Nc2ccc(/C(C)=N\NC(=O)Cc3ccc(Br)cc3)cc2)cc1. The maximum absolute atomic E-state index is 12.3. The van der Waals surface area contributed by atoms with E-state index >= 15 is 0 Å². The van der Waals surface area contributed by atoms with E-state index < -0.39 is 0 Å². The molecule has 32 heavy (non-hydrogen) atoms. The molecule has 0 aromatic heterocycles. The van der Waals surface area contributed by atoms with Gasteiger partial charge in [-0.15, -0.1) is 0 Å². The number of hydrogen-bond donors (Lipinski definition) is 2. The molecule has 164 valence electrons. The second kappa shape index (κ2) is 11.2. The van der Waals surface area contributed by atoms with Crippen LogP contribution in [0.15, 0.2) is 82.4 Å². The molecule has 6 nitrogen and oxygen atoms in total. The van der Waals surface area contributed by atoms with Crippen LogP contribution >= 0.6 is 15.9 Å². The van der Waals surface area contributed by atoms with Crippen LogP contribution in [-0.4, -0.2) is 24.6 Å². The third kappa shape index (κ3) is 7.06. The quantitative estimate of drug-likeness (QED) is 0.351. The van der Waals surface area contributed by atoms with Gasteiger partial charge in [-0.05, 0) is 60.0 Å².